The molecule has 1 N–H and O–H groups in total. The highest BCUT2D eigenvalue weighted by molar-refractivity contribution is 9.10. The number of aryl methyl sites for hydroxylation is 1. The number of halogens is 2. The number of hydrogen-bond acceptors (Lipinski definition) is 2. The van der Waals surface area contributed by atoms with Crippen LogP contribution in [0.4, 0.5) is 4.39 Å². The third kappa shape index (κ3) is 4.14. The molecular formula is C14H17BrFN3. The molecule has 19 heavy (non-hydrogen) atoms. The molecule has 1 heterocycles. The molecule has 0 fully saturated rings. The summed E-state index contributed by atoms with van der Waals surface area (Å²) in [5.74, 6) is -0.177. The lowest BCUT2D eigenvalue weighted by Gasteiger charge is -2.15. The molecule has 3 nitrogen and oxygen atoms in total. The van der Waals surface area contributed by atoms with Gasteiger partial charge in [0.15, 0.2) is 0 Å². The van der Waals surface area contributed by atoms with Gasteiger partial charge in [-0.3, -0.25) is 0 Å². The molecule has 0 aliphatic heterocycles. The van der Waals surface area contributed by atoms with Crippen molar-refractivity contribution in [3.8, 4) is 0 Å². The molecule has 0 spiro atoms. The van der Waals surface area contributed by atoms with Crippen molar-refractivity contribution in [1.82, 2.24) is 14.9 Å². The lowest BCUT2D eigenvalue weighted by Crippen LogP contribution is -2.21. The number of imidazole rings is 1. The van der Waals surface area contributed by atoms with Crippen LogP contribution in [0.15, 0.2) is 41.4 Å². The minimum atomic E-state index is -0.177. The summed E-state index contributed by atoms with van der Waals surface area (Å²) in [6, 6.07) is 5.18. The van der Waals surface area contributed by atoms with Crippen LogP contribution < -0.4 is 5.32 Å². The van der Waals surface area contributed by atoms with E-state index in [2.05, 4.69) is 26.2 Å². The van der Waals surface area contributed by atoms with Gasteiger partial charge < -0.3 is 9.88 Å². The zero-order valence-corrected chi connectivity index (χ0v) is 12.4. The molecule has 0 aliphatic rings. The fraction of sp³-hybridized carbons (Fsp3) is 0.357. The first-order valence-electron chi connectivity index (χ1n) is 6.31. The predicted octanol–water partition coefficient (Wildman–Crippen LogP) is 3.53. The minimum Gasteiger partial charge on any atom is -0.337 e. The molecule has 1 unspecified atom stereocenters. The number of rotatable bonds is 6. The highest BCUT2D eigenvalue weighted by Crippen LogP contribution is 2.20. The van der Waals surface area contributed by atoms with Crippen LogP contribution in [0.25, 0.3) is 0 Å². The zero-order chi connectivity index (χ0) is 13.7. The molecule has 0 amide bonds. The summed E-state index contributed by atoms with van der Waals surface area (Å²) < 4.78 is 16.6. The molecule has 0 aliphatic carbocycles. The number of nitrogens with one attached hydrogen (secondary N) is 1. The van der Waals surface area contributed by atoms with Crippen molar-refractivity contribution in [2.45, 2.75) is 25.9 Å². The highest BCUT2D eigenvalue weighted by atomic mass is 79.9. The van der Waals surface area contributed by atoms with E-state index in [1.807, 2.05) is 29.8 Å². The molecule has 2 aromatic rings. The Hall–Kier alpha value is -1.20. The summed E-state index contributed by atoms with van der Waals surface area (Å²) in [4.78, 5) is 3.99. The minimum absolute atomic E-state index is 0.0101. The third-order valence-electron chi connectivity index (χ3n) is 3.03. The molecule has 102 valence electrons. The lowest BCUT2D eigenvalue weighted by atomic mass is 10.1. The van der Waals surface area contributed by atoms with E-state index in [0.717, 1.165) is 24.0 Å². The van der Waals surface area contributed by atoms with Crippen LogP contribution in [-0.4, -0.2) is 16.1 Å². The Morgan fingerprint density at radius 1 is 1.47 bits per heavy atom. The van der Waals surface area contributed by atoms with E-state index < -0.39 is 0 Å². The molecule has 0 bridgehead atoms. The quantitative estimate of drug-likeness (QED) is 0.823. The molecule has 0 saturated heterocycles. The second-order valence-electron chi connectivity index (χ2n) is 4.50. The average molecular weight is 326 g/mol. The first-order chi connectivity index (χ1) is 9.16. The summed E-state index contributed by atoms with van der Waals surface area (Å²) >= 11 is 3.26. The summed E-state index contributed by atoms with van der Waals surface area (Å²) in [6.45, 7) is 3.74. The average Bonchev–Trinajstić information content (AvgIpc) is 2.87. The van der Waals surface area contributed by atoms with Gasteiger partial charge in [0.05, 0.1) is 6.33 Å². The third-order valence-corrected chi connectivity index (χ3v) is 3.53. The van der Waals surface area contributed by atoms with Crippen LogP contribution >= 0.6 is 15.9 Å². The van der Waals surface area contributed by atoms with E-state index in [1.54, 1.807) is 12.5 Å². The summed E-state index contributed by atoms with van der Waals surface area (Å²) in [7, 11) is 0. The van der Waals surface area contributed by atoms with Crippen LogP contribution in [0.2, 0.25) is 0 Å². The van der Waals surface area contributed by atoms with Crippen molar-refractivity contribution < 1.29 is 4.39 Å². The Morgan fingerprint density at radius 3 is 3.00 bits per heavy atom. The van der Waals surface area contributed by atoms with Gasteiger partial charge in [-0.05, 0) is 32.0 Å². The summed E-state index contributed by atoms with van der Waals surface area (Å²) in [5, 5.41) is 3.33. The van der Waals surface area contributed by atoms with Gasteiger partial charge in [0.25, 0.3) is 0 Å². The predicted molar refractivity (Wildman–Crippen MR) is 77.4 cm³/mol. The molecule has 1 aromatic heterocycles. The molecule has 1 atom stereocenters. The van der Waals surface area contributed by atoms with Crippen LogP contribution in [0.5, 0.6) is 0 Å². The van der Waals surface area contributed by atoms with Crippen molar-refractivity contribution in [2.24, 2.45) is 0 Å². The zero-order valence-electron chi connectivity index (χ0n) is 10.8. The standard InChI is InChI=1S/C14H17BrFN3/c1-11(13-4-3-12(15)9-14(13)16)18-5-2-7-19-8-6-17-10-19/h3-4,6,8-11,18H,2,5,7H2,1H3. The second-order valence-corrected chi connectivity index (χ2v) is 5.41. The Labute approximate surface area is 121 Å². The Morgan fingerprint density at radius 2 is 2.32 bits per heavy atom. The van der Waals surface area contributed by atoms with Gasteiger partial charge in [0.2, 0.25) is 0 Å². The molecular weight excluding hydrogens is 309 g/mol. The SMILES string of the molecule is CC(NCCCn1ccnc1)c1ccc(Br)cc1F. The lowest BCUT2D eigenvalue weighted by molar-refractivity contribution is 0.503. The van der Waals surface area contributed by atoms with E-state index >= 15 is 0 Å². The van der Waals surface area contributed by atoms with Crippen LogP contribution in [0.3, 0.4) is 0 Å². The topological polar surface area (TPSA) is 29.9 Å². The molecule has 0 saturated carbocycles. The first kappa shape index (κ1) is 14.2. The second kappa shape index (κ2) is 6.82. The van der Waals surface area contributed by atoms with Gasteiger partial charge >= 0.3 is 0 Å². The number of benzene rings is 1. The summed E-state index contributed by atoms with van der Waals surface area (Å²) in [5.41, 5.74) is 0.700. The maximum Gasteiger partial charge on any atom is 0.129 e. The van der Waals surface area contributed by atoms with Gasteiger partial charge in [0, 0.05) is 35.0 Å². The van der Waals surface area contributed by atoms with E-state index in [4.69, 9.17) is 0 Å². The smallest absolute Gasteiger partial charge is 0.129 e. The van der Waals surface area contributed by atoms with Gasteiger partial charge in [-0.1, -0.05) is 22.0 Å². The van der Waals surface area contributed by atoms with Crippen molar-refractivity contribution in [3.63, 3.8) is 0 Å². The monoisotopic (exact) mass is 325 g/mol. The Bertz CT molecular complexity index is 513. The van der Waals surface area contributed by atoms with Crippen molar-refractivity contribution >= 4 is 15.9 Å². The van der Waals surface area contributed by atoms with Crippen LogP contribution in [-0.2, 0) is 6.54 Å². The van der Waals surface area contributed by atoms with Gasteiger partial charge in [-0.25, -0.2) is 9.37 Å². The molecule has 1 aromatic carbocycles. The number of hydrogen-bond donors (Lipinski definition) is 1. The van der Waals surface area contributed by atoms with E-state index in [9.17, 15) is 4.39 Å². The molecule has 2 rings (SSSR count). The van der Waals surface area contributed by atoms with Gasteiger partial charge in [-0.2, -0.15) is 0 Å². The summed E-state index contributed by atoms with van der Waals surface area (Å²) in [6.07, 6.45) is 6.50. The van der Waals surface area contributed by atoms with Crippen molar-refractivity contribution in [3.05, 3.63) is 52.8 Å². The number of aromatic nitrogens is 2. The van der Waals surface area contributed by atoms with Crippen LogP contribution in [0.1, 0.15) is 24.9 Å². The van der Waals surface area contributed by atoms with Crippen molar-refractivity contribution in [2.75, 3.05) is 6.54 Å². The fourth-order valence-corrected chi connectivity index (χ4v) is 2.29. The van der Waals surface area contributed by atoms with Gasteiger partial charge in [0.1, 0.15) is 5.82 Å². The normalized spacial score (nSPS) is 12.6. The maximum atomic E-state index is 13.8. The largest absolute Gasteiger partial charge is 0.337 e. The van der Waals surface area contributed by atoms with Gasteiger partial charge in [-0.15, -0.1) is 0 Å². The number of nitrogens with zero attached hydrogens (tertiary/aromatic N) is 2. The van der Waals surface area contributed by atoms with E-state index in [1.165, 1.54) is 6.07 Å². The van der Waals surface area contributed by atoms with E-state index in [0.29, 0.717) is 5.56 Å². The maximum absolute atomic E-state index is 13.8. The Kier molecular flexibility index (Phi) is 5.10. The highest BCUT2D eigenvalue weighted by Gasteiger charge is 2.10. The van der Waals surface area contributed by atoms with Crippen molar-refractivity contribution in [1.29, 1.82) is 0 Å². The Balaban J connectivity index is 1.79. The first-order valence-corrected chi connectivity index (χ1v) is 7.10. The fourth-order valence-electron chi connectivity index (χ4n) is 1.96. The van der Waals surface area contributed by atoms with Crippen LogP contribution in [0, 0.1) is 5.82 Å². The molecule has 5 heteroatoms. The van der Waals surface area contributed by atoms with E-state index in [-0.39, 0.29) is 11.9 Å². The molecule has 0 radical (unpaired) electrons.